The van der Waals surface area contributed by atoms with E-state index in [2.05, 4.69) is 15.7 Å². The Labute approximate surface area is 135 Å². The maximum Gasteiger partial charge on any atom is 0.224 e. The first-order valence-electron chi connectivity index (χ1n) is 7.25. The molecule has 2 aromatic rings. The molecule has 6 heteroatoms. The van der Waals surface area contributed by atoms with Crippen molar-refractivity contribution in [1.82, 2.24) is 20.4 Å². The van der Waals surface area contributed by atoms with E-state index in [1.165, 1.54) is 0 Å². The Kier molecular flexibility index (Phi) is 5.57. The second-order valence-electron chi connectivity index (χ2n) is 5.17. The van der Waals surface area contributed by atoms with E-state index in [0.29, 0.717) is 18.0 Å². The largest absolute Gasteiger partial charge is 0.355 e. The summed E-state index contributed by atoms with van der Waals surface area (Å²) < 4.78 is 1.85. The van der Waals surface area contributed by atoms with Crippen LogP contribution in [0.4, 0.5) is 0 Å². The summed E-state index contributed by atoms with van der Waals surface area (Å²) >= 11 is 5.92. The molecule has 22 heavy (non-hydrogen) atoms. The molecule has 0 aliphatic rings. The quantitative estimate of drug-likeness (QED) is 0.801. The number of aryl methyl sites for hydroxylation is 1. The number of halogens is 1. The van der Waals surface area contributed by atoms with Crippen molar-refractivity contribution in [2.24, 2.45) is 0 Å². The molecule has 0 unspecified atom stereocenters. The molecule has 0 aliphatic heterocycles. The number of benzene rings is 1. The summed E-state index contributed by atoms with van der Waals surface area (Å²) in [5.41, 5.74) is 3.75. The van der Waals surface area contributed by atoms with E-state index in [4.69, 9.17) is 11.6 Å². The van der Waals surface area contributed by atoms with Crippen LogP contribution >= 0.6 is 11.6 Å². The zero-order chi connectivity index (χ0) is 16.1. The van der Waals surface area contributed by atoms with Gasteiger partial charge in [0.15, 0.2) is 0 Å². The Bertz CT molecular complexity index is 649. The first kappa shape index (κ1) is 16.5. The van der Waals surface area contributed by atoms with Crippen molar-refractivity contribution in [2.45, 2.75) is 20.3 Å². The number of hydrogen-bond acceptors (Lipinski definition) is 3. The lowest BCUT2D eigenvalue weighted by molar-refractivity contribution is -0.120. The van der Waals surface area contributed by atoms with Gasteiger partial charge in [0.2, 0.25) is 5.91 Å². The Morgan fingerprint density at radius 1 is 1.23 bits per heavy atom. The number of nitrogens with one attached hydrogen (secondary N) is 2. The fourth-order valence-electron chi connectivity index (χ4n) is 2.31. The van der Waals surface area contributed by atoms with Gasteiger partial charge in [0.05, 0.1) is 17.8 Å². The third-order valence-electron chi connectivity index (χ3n) is 3.55. The molecule has 0 saturated heterocycles. The van der Waals surface area contributed by atoms with Crippen molar-refractivity contribution in [3.05, 3.63) is 46.2 Å². The van der Waals surface area contributed by atoms with Gasteiger partial charge in [-0.2, -0.15) is 5.10 Å². The minimum atomic E-state index is 0.0112. The van der Waals surface area contributed by atoms with E-state index in [9.17, 15) is 4.79 Å². The van der Waals surface area contributed by atoms with Crippen LogP contribution in [0.1, 0.15) is 17.0 Å². The van der Waals surface area contributed by atoms with Gasteiger partial charge in [-0.15, -0.1) is 0 Å². The molecule has 0 saturated carbocycles. The van der Waals surface area contributed by atoms with Gasteiger partial charge in [0.1, 0.15) is 0 Å². The first-order valence-corrected chi connectivity index (χ1v) is 7.63. The predicted octanol–water partition coefficient (Wildman–Crippen LogP) is 2.02. The van der Waals surface area contributed by atoms with Gasteiger partial charge in [0, 0.05) is 29.4 Å². The van der Waals surface area contributed by atoms with Crippen molar-refractivity contribution in [1.29, 1.82) is 0 Å². The number of carbonyl (C=O) groups excluding carboxylic acids is 1. The molecule has 1 heterocycles. The minimum Gasteiger partial charge on any atom is -0.355 e. The molecule has 118 valence electrons. The Balaban J connectivity index is 2.16. The van der Waals surface area contributed by atoms with Crippen molar-refractivity contribution >= 4 is 17.5 Å². The number of carbonyl (C=O) groups is 1. The maximum atomic E-state index is 12.0. The topological polar surface area (TPSA) is 58.9 Å². The maximum absolute atomic E-state index is 12.0. The predicted molar refractivity (Wildman–Crippen MR) is 88.7 cm³/mol. The molecule has 1 aromatic carbocycles. The summed E-state index contributed by atoms with van der Waals surface area (Å²) in [6, 6.07) is 7.49. The molecular weight excluding hydrogens is 300 g/mol. The standard InChI is InChI=1S/C16H21ClN4O/c1-11-15(10-16(22)19-9-8-18-3)12(2)21(20-11)14-6-4-13(17)5-7-14/h4-7,18H,8-10H2,1-3H3,(H,19,22). The number of amides is 1. The number of hydrogen-bond donors (Lipinski definition) is 2. The normalized spacial score (nSPS) is 10.7. The molecule has 5 nitrogen and oxygen atoms in total. The second kappa shape index (κ2) is 7.42. The average molecular weight is 321 g/mol. The van der Waals surface area contributed by atoms with Crippen LogP contribution < -0.4 is 10.6 Å². The van der Waals surface area contributed by atoms with Crippen LogP contribution in [0.5, 0.6) is 0 Å². The molecule has 0 atom stereocenters. The Morgan fingerprint density at radius 2 is 1.91 bits per heavy atom. The highest BCUT2D eigenvalue weighted by molar-refractivity contribution is 6.30. The van der Waals surface area contributed by atoms with E-state index in [1.54, 1.807) is 0 Å². The Hall–Kier alpha value is -1.85. The number of likely N-dealkylation sites (N-methyl/N-ethyl adjacent to an activating group) is 1. The van der Waals surface area contributed by atoms with E-state index in [1.807, 2.05) is 49.8 Å². The summed E-state index contributed by atoms with van der Waals surface area (Å²) in [6.07, 6.45) is 0.342. The van der Waals surface area contributed by atoms with E-state index < -0.39 is 0 Å². The molecule has 0 fully saturated rings. The third-order valence-corrected chi connectivity index (χ3v) is 3.80. The number of aromatic nitrogens is 2. The zero-order valence-corrected chi connectivity index (χ0v) is 13.9. The van der Waals surface area contributed by atoms with Crippen LogP contribution in [-0.4, -0.2) is 35.8 Å². The van der Waals surface area contributed by atoms with Gasteiger partial charge in [-0.25, -0.2) is 4.68 Å². The summed E-state index contributed by atoms with van der Waals surface area (Å²) in [5.74, 6) is 0.0112. The van der Waals surface area contributed by atoms with Crippen molar-refractivity contribution in [3.8, 4) is 5.69 Å². The molecule has 0 radical (unpaired) electrons. The van der Waals surface area contributed by atoms with Gasteiger partial charge >= 0.3 is 0 Å². The van der Waals surface area contributed by atoms with E-state index in [-0.39, 0.29) is 5.91 Å². The summed E-state index contributed by atoms with van der Waals surface area (Å²) in [4.78, 5) is 12.0. The lowest BCUT2D eigenvalue weighted by Crippen LogP contribution is -2.31. The fourth-order valence-corrected chi connectivity index (χ4v) is 2.44. The van der Waals surface area contributed by atoms with Crippen LogP contribution in [0.2, 0.25) is 5.02 Å². The lowest BCUT2D eigenvalue weighted by atomic mass is 10.1. The molecular formula is C16H21ClN4O. The first-order chi connectivity index (χ1) is 10.5. The zero-order valence-electron chi connectivity index (χ0n) is 13.1. The monoisotopic (exact) mass is 320 g/mol. The van der Waals surface area contributed by atoms with Crippen molar-refractivity contribution < 1.29 is 4.79 Å². The summed E-state index contributed by atoms with van der Waals surface area (Å²) in [5, 5.41) is 11.1. The molecule has 1 aromatic heterocycles. The lowest BCUT2D eigenvalue weighted by Gasteiger charge is -2.07. The minimum absolute atomic E-state index is 0.0112. The van der Waals surface area contributed by atoms with Crippen LogP contribution in [0, 0.1) is 13.8 Å². The van der Waals surface area contributed by atoms with Crippen LogP contribution in [-0.2, 0) is 11.2 Å². The van der Waals surface area contributed by atoms with Crippen molar-refractivity contribution in [3.63, 3.8) is 0 Å². The van der Waals surface area contributed by atoms with Crippen molar-refractivity contribution in [2.75, 3.05) is 20.1 Å². The van der Waals surface area contributed by atoms with Gasteiger partial charge in [0.25, 0.3) is 0 Å². The van der Waals surface area contributed by atoms with Gasteiger partial charge in [-0.1, -0.05) is 11.6 Å². The van der Waals surface area contributed by atoms with E-state index >= 15 is 0 Å². The highest BCUT2D eigenvalue weighted by Gasteiger charge is 2.15. The van der Waals surface area contributed by atoms with Gasteiger partial charge in [-0.05, 0) is 45.2 Å². The van der Waals surface area contributed by atoms with Crippen LogP contribution in [0.15, 0.2) is 24.3 Å². The highest BCUT2D eigenvalue weighted by atomic mass is 35.5. The van der Waals surface area contributed by atoms with Gasteiger partial charge in [-0.3, -0.25) is 4.79 Å². The second-order valence-corrected chi connectivity index (χ2v) is 5.60. The summed E-state index contributed by atoms with van der Waals surface area (Å²) in [6.45, 7) is 5.28. The molecule has 2 rings (SSSR count). The van der Waals surface area contributed by atoms with E-state index in [0.717, 1.165) is 29.2 Å². The number of rotatable bonds is 6. The Morgan fingerprint density at radius 3 is 2.55 bits per heavy atom. The molecule has 0 bridgehead atoms. The SMILES string of the molecule is CNCCNC(=O)Cc1c(C)nn(-c2ccc(Cl)cc2)c1C. The molecule has 2 N–H and O–H groups in total. The van der Waals surface area contributed by atoms with Gasteiger partial charge < -0.3 is 10.6 Å². The molecule has 0 aliphatic carbocycles. The van der Waals surface area contributed by atoms with Crippen LogP contribution in [0.3, 0.4) is 0 Å². The fraction of sp³-hybridized carbons (Fsp3) is 0.375. The smallest absolute Gasteiger partial charge is 0.224 e. The molecule has 0 spiro atoms. The highest BCUT2D eigenvalue weighted by Crippen LogP contribution is 2.20. The average Bonchev–Trinajstić information content (AvgIpc) is 2.76. The molecule has 1 amide bonds. The summed E-state index contributed by atoms with van der Waals surface area (Å²) in [7, 11) is 1.86. The number of nitrogens with zero attached hydrogens (tertiary/aromatic N) is 2. The van der Waals surface area contributed by atoms with Crippen LogP contribution in [0.25, 0.3) is 5.69 Å². The third kappa shape index (κ3) is 3.87.